The highest BCUT2D eigenvalue weighted by atomic mass is 32.1. The summed E-state index contributed by atoms with van der Waals surface area (Å²) in [5.74, 6) is 0.648. The first kappa shape index (κ1) is 13.5. The molecule has 1 N–H and O–H groups in total. The fourth-order valence-electron chi connectivity index (χ4n) is 1.49. The molecule has 98 valence electrons. The lowest BCUT2D eigenvalue weighted by Crippen LogP contribution is -2.18. The van der Waals surface area contributed by atoms with Crippen LogP contribution in [0.5, 0.6) is 0 Å². The minimum atomic E-state index is 0.648. The maximum Gasteiger partial charge on any atom is 0.161 e. The number of nitrogens with one attached hydrogen (secondary N) is 1. The van der Waals surface area contributed by atoms with Crippen LogP contribution in [-0.4, -0.2) is 26.3 Å². The van der Waals surface area contributed by atoms with Crippen LogP contribution in [0.3, 0.4) is 0 Å². The largest absolute Gasteiger partial charge is 0.310 e. The van der Waals surface area contributed by atoms with Crippen molar-refractivity contribution in [1.29, 1.82) is 0 Å². The number of aryl methyl sites for hydroxylation is 1. The van der Waals surface area contributed by atoms with Crippen molar-refractivity contribution in [1.82, 2.24) is 25.1 Å². The summed E-state index contributed by atoms with van der Waals surface area (Å²) in [5, 5.41) is 17.8. The smallest absolute Gasteiger partial charge is 0.161 e. The average molecular weight is 283 g/mol. The molecule has 0 spiro atoms. The van der Waals surface area contributed by atoms with Crippen molar-refractivity contribution in [3.63, 3.8) is 0 Å². The molecule has 0 radical (unpaired) electrons. The molecule has 5 nitrogen and oxygen atoms in total. The Bertz CT molecular complexity index is 491. The lowest BCUT2D eigenvalue weighted by atomic mass is 10.2. The second-order valence-electron chi connectivity index (χ2n) is 4.43. The molecule has 0 aromatic carbocycles. The van der Waals surface area contributed by atoms with Crippen molar-refractivity contribution >= 4 is 22.9 Å². The Morgan fingerprint density at radius 1 is 1.22 bits per heavy atom. The van der Waals surface area contributed by atoms with E-state index in [4.69, 9.17) is 0 Å². The molecule has 0 aliphatic rings. The molecule has 2 aromatic heterocycles. The van der Waals surface area contributed by atoms with Crippen LogP contribution in [0.4, 0.5) is 0 Å². The van der Waals surface area contributed by atoms with Crippen molar-refractivity contribution in [3.05, 3.63) is 10.7 Å². The van der Waals surface area contributed by atoms with Crippen LogP contribution in [0.2, 0.25) is 0 Å². The molecule has 0 amide bonds. The number of aromatic nitrogens is 4. The first-order chi connectivity index (χ1) is 8.70. The molecule has 0 aliphatic carbocycles. The molecule has 2 aromatic rings. The Hall–Kier alpha value is -0.920. The van der Waals surface area contributed by atoms with Gasteiger partial charge in [0.05, 0.1) is 5.69 Å². The highest BCUT2D eigenvalue weighted by Crippen LogP contribution is 2.29. The van der Waals surface area contributed by atoms with Gasteiger partial charge in [0, 0.05) is 6.54 Å². The monoisotopic (exact) mass is 283 g/mol. The SMILES string of the molecule is CCc1nnsc1-c1nnc(CNCC(C)C)s1. The quantitative estimate of drug-likeness (QED) is 0.881. The minimum Gasteiger partial charge on any atom is -0.310 e. The summed E-state index contributed by atoms with van der Waals surface area (Å²) in [6, 6.07) is 0. The van der Waals surface area contributed by atoms with Crippen molar-refractivity contribution in [3.8, 4) is 9.88 Å². The molecule has 18 heavy (non-hydrogen) atoms. The van der Waals surface area contributed by atoms with E-state index in [9.17, 15) is 0 Å². The Kier molecular flexibility index (Phi) is 4.73. The third-order valence-corrected chi connectivity index (χ3v) is 4.23. The van der Waals surface area contributed by atoms with Crippen LogP contribution in [0.15, 0.2) is 0 Å². The van der Waals surface area contributed by atoms with Gasteiger partial charge in [-0.25, -0.2) is 0 Å². The molecule has 0 atom stereocenters. The number of nitrogens with zero attached hydrogens (tertiary/aromatic N) is 4. The van der Waals surface area contributed by atoms with Crippen LogP contribution in [-0.2, 0) is 13.0 Å². The topological polar surface area (TPSA) is 63.6 Å². The fraction of sp³-hybridized carbons (Fsp3) is 0.636. The second kappa shape index (κ2) is 6.31. The van der Waals surface area contributed by atoms with Crippen molar-refractivity contribution in [2.24, 2.45) is 5.92 Å². The Balaban J connectivity index is 2.02. The molecular weight excluding hydrogens is 266 g/mol. The number of hydrogen-bond donors (Lipinski definition) is 1. The van der Waals surface area contributed by atoms with Gasteiger partial charge in [-0.1, -0.05) is 36.6 Å². The van der Waals surface area contributed by atoms with Crippen molar-refractivity contribution in [2.75, 3.05) is 6.54 Å². The zero-order chi connectivity index (χ0) is 13.0. The minimum absolute atomic E-state index is 0.648. The van der Waals surface area contributed by atoms with Crippen molar-refractivity contribution < 1.29 is 0 Å². The van der Waals surface area contributed by atoms with Gasteiger partial charge in [0.25, 0.3) is 0 Å². The molecular formula is C11H17N5S2. The molecule has 2 rings (SSSR count). The van der Waals surface area contributed by atoms with Gasteiger partial charge in [-0.3, -0.25) is 0 Å². The number of hydrogen-bond acceptors (Lipinski definition) is 7. The van der Waals surface area contributed by atoms with E-state index in [1.54, 1.807) is 11.3 Å². The summed E-state index contributed by atoms with van der Waals surface area (Å²) in [4.78, 5) is 1.06. The summed E-state index contributed by atoms with van der Waals surface area (Å²) in [6.07, 6.45) is 0.881. The summed E-state index contributed by atoms with van der Waals surface area (Å²) in [5.41, 5.74) is 1.01. The zero-order valence-electron chi connectivity index (χ0n) is 10.8. The van der Waals surface area contributed by atoms with E-state index in [-0.39, 0.29) is 0 Å². The van der Waals surface area contributed by atoms with E-state index in [0.717, 1.165) is 40.1 Å². The third kappa shape index (κ3) is 3.30. The van der Waals surface area contributed by atoms with E-state index in [2.05, 4.69) is 45.9 Å². The van der Waals surface area contributed by atoms with Crippen LogP contribution < -0.4 is 5.32 Å². The van der Waals surface area contributed by atoms with Gasteiger partial charge in [-0.05, 0) is 30.4 Å². The van der Waals surface area contributed by atoms with Gasteiger partial charge in [-0.15, -0.1) is 15.3 Å². The van der Waals surface area contributed by atoms with Gasteiger partial charge in [-0.2, -0.15) is 0 Å². The van der Waals surface area contributed by atoms with Crippen LogP contribution >= 0.6 is 22.9 Å². The fourth-order valence-corrected chi connectivity index (χ4v) is 3.13. The van der Waals surface area contributed by atoms with E-state index in [1.165, 1.54) is 11.5 Å². The van der Waals surface area contributed by atoms with E-state index in [0.29, 0.717) is 5.92 Å². The average Bonchev–Trinajstić information content (AvgIpc) is 2.95. The summed E-state index contributed by atoms with van der Waals surface area (Å²) in [7, 11) is 0. The molecule has 0 unspecified atom stereocenters. The lowest BCUT2D eigenvalue weighted by molar-refractivity contribution is 0.550. The first-order valence-corrected chi connectivity index (χ1v) is 7.64. The molecule has 2 heterocycles. The van der Waals surface area contributed by atoms with E-state index in [1.807, 2.05) is 0 Å². The molecule has 7 heteroatoms. The maximum atomic E-state index is 4.22. The Morgan fingerprint density at radius 3 is 2.78 bits per heavy atom. The number of rotatable bonds is 6. The van der Waals surface area contributed by atoms with Gasteiger partial charge in [0.15, 0.2) is 5.01 Å². The maximum absolute atomic E-state index is 4.22. The molecule has 0 bridgehead atoms. The van der Waals surface area contributed by atoms with Gasteiger partial charge < -0.3 is 5.32 Å². The molecule has 0 aliphatic heterocycles. The molecule has 0 fully saturated rings. The third-order valence-electron chi connectivity index (χ3n) is 2.38. The highest BCUT2D eigenvalue weighted by Gasteiger charge is 2.13. The summed E-state index contributed by atoms with van der Waals surface area (Å²) < 4.78 is 3.98. The predicted octanol–water partition coefficient (Wildman–Crippen LogP) is 2.36. The van der Waals surface area contributed by atoms with Crippen LogP contribution in [0.25, 0.3) is 9.88 Å². The van der Waals surface area contributed by atoms with Crippen LogP contribution in [0.1, 0.15) is 31.5 Å². The lowest BCUT2D eigenvalue weighted by Gasteiger charge is -2.03. The Morgan fingerprint density at radius 2 is 2.06 bits per heavy atom. The standard InChI is InChI=1S/C11H17N5S2/c1-4-8-10(18-16-13-8)11-15-14-9(17-11)6-12-5-7(2)3/h7,12H,4-6H2,1-3H3. The first-order valence-electron chi connectivity index (χ1n) is 6.05. The highest BCUT2D eigenvalue weighted by molar-refractivity contribution is 7.19. The molecule has 0 saturated heterocycles. The van der Waals surface area contributed by atoms with E-state index >= 15 is 0 Å². The van der Waals surface area contributed by atoms with Crippen molar-refractivity contribution in [2.45, 2.75) is 33.7 Å². The normalized spacial score (nSPS) is 11.3. The van der Waals surface area contributed by atoms with E-state index < -0.39 is 0 Å². The van der Waals surface area contributed by atoms with Gasteiger partial charge >= 0.3 is 0 Å². The molecule has 0 saturated carbocycles. The second-order valence-corrected chi connectivity index (χ2v) is 6.24. The zero-order valence-corrected chi connectivity index (χ0v) is 12.4. The van der Waals surface area contributed by atoms with Crippen LogP contribution in [0, 0.1) is 5.92 Å². The predicted molar refractivity (Wildman–Crippen MR) is 74.7 cm³/mol. The van der Waals surface area contributed by atoms with Gasteiger partial charge in [0.1, 0.15) is 9.88 Å². The van der Waals surface area contributed by atoms with Gasteiger partial charge in [0.2, 0.25) is 0 Å². The summed E-state index contributed by atoms with van der Waals surface area (Å²) in [6.45, 7) is 8.23. The summed E-state index contributed by atoms with van der Waals surface area (Å²) >= 11 is 3.01. The Labute approximate surface area is 115 Å².